The van der Waals surface area contributed by atoms with Crippen molar-refractivity contribution in [2.24, 2.45) is 5.73 Å². The second-order valence-electron chi connectivity index (χ2n) is 4.38. The molecule has 2 amide bonds. The van der Waals surface area contributed by atoms with E-state index in [4.69, 9.17) is 5.73 Å². The predicted molar refractivity (Wildman–Crippen MR) is 67.8 cm³/mol. The zero-order valence-corrected chi connectivity index (χ0v) is 10.9. The Kier molecular flexibility index (Phi) is 4.79. The third-order valence-corrected chi connectivity index (χ3v) is 2.43. The topological polar surface area (TPSA) is 79.5 Å². The van der Waals surface area contributed by atoms with E-state index >= 15 is 0 Å². The van der Waals surface area contributed by atoms with Gasteiger partial charge in [0.2, 0.25) is 5.91 Å². The Balaban J connectivity index is 2.57. The monoisotopic (exact) mass is 250 g/mol. The fraction of sp³-hybridized carbons (Fsp3) is 0.417. The highest BCUT2D eigenvalue weighted by molar-refractivity contribution is 5.90. The molecule has 6 nitrogen and oxygen atoms in total. The van der Waals surface area contributed by atoms with Crippen LogP contribution in [-0.4, -0.2) is 54.3 Å². The van der Waals surface area contributed by atoms with E-state index in [9.17, 15) is 9.59 Å². The van der Waals surface area contributed by atoms with Gasteiger partial charge in [-0.1, -0.05) is 6.07 Å². The molecule has 0 radical (unpaired) electrons. The van der Waals surface area contributed by atoms with E-state index in [-0.39, 0.29) is 11.6 Å². The molecule has 0 saturated heterocycles. The van der Waals surface area contributed by atoms with E-state index < -0.39 is 5.91 Å². The first kappa shape index (κ1) is 14.1. The van der Waals surface area contributed by atoms with Crippen molar-refractivity contribution in [1.82, 2.24) is 14.8 Å². The van der Waals surface area contributed by atoms with E-state index in [1.807, 2.05) is 11.9 Å². The van der Waals surface area contributed by atoms with Gasteiger partial charge in [-0.25, -0.2) is 0 Å². The first-order chi connectivity index (χ1) is 8.40. The van der Waals surface area contributed by atoms with Crippen LogP contribution in [0.25, 0.3) is 0 Å². The normalized spacial score (nSPS) is 10.4. The second-order valence-corrected chi connectivity index (χ2v) is 4.38. The van der Waals surface area contributed by atoms with Crippen molar-refractivity contribution < 1.29 is 9.59 Å². The summed E-state index contributed by atoms with van der Waals surface area (Å²) in [6.45, 7) is 0.927. The Hall–Kier alpha value is -1.95. The molecule has 0 spiro atoms. The van der Waals surface area contributed by atoms with Gasteiger partial charge in [0, 0.05) is 26.8 Å². The van der Waals surface area contributed by atoms with Crippen LogP contribution in [0, 0.1) is 0 Å². The smallest absolute Gasteiger partial charge is 0.267 e. The molecule has 1 aromatic heterocycles. The van der Waals surface area contributed by atoms with Gasteiger partial charge in [-0.3, -0.25) is 19.5 Å². The van der Waals surface area contributed by atoms with Crippen LogP contribution in [0.5, 0.6) is 0 Å². The minimum absolute atomic E-state index is 0.0409. The highest BCUT2D eigenvalue weighted by Crippen LogP contribution is 2.03. The van der Waals surface area contributed by atoms with Crippen LogP contribution in [0.15, 0.2) is 18.3 Å². The van der Waals surface area contributed by atoms with Crippen molar-refractivity contribution in [3.05, 3.63) is 29.6 Å². The summed E-state index contributed by atoms with van der Waals surface area (Å²) in [6.07, 6.45) is 1.59. The molecule has 18 heavy (non-hydrogen) atoms. The quantitative estimate of drug-likeness (QED) is 0.778. The van der Waals surface area contributed by atoms with Crippen LogP contribution >= 0.6 is 0 Å². The molecule has 1 rings (SSSR count). The van der Waals surface area contributed by atoms with Crippen LogP contribution in [0.2, 0.25) is 0 Å². The average Bonchev–Trinajstić information content (AvgIpc) is 2.29. The first-order valence-electron chi connectivity index (χ1n) is 5.53. The lowest BCUT2D eigenvalue weighted by Gasteiger charge is -2.18. The summed E-state index contributed by atoms with van der Waals surface area (Å²) >= 11 is 0. The van der Waals surface area contributed by atoms with E-state index in [1.165, 1.54) is 0 Å². The van der Waals surface area contributed by atoms with Crippen molar-refractivity contribution in [2.45, 2.75) is 6.54 Å². The second kappa shape index (κ2) is 6.11. The van der Waals surface area contributed by atoms with Gasteiger partial charge >= 0.3 is 0 Å². The number of hydrogen-bond acceptors (Lipinski definition) is 4. The standard InChI is InChI=1S/C12H18N4O2/c1-15(2)11(17)8-16(3)7-9-4-5-10(12(13)18)14-6-9/h4-6H,7-8H2,1-3H3,(H2,13,18). The number of carbonyl (C=O) groups excluding carboxylic acids is 2. The highest BCUT2D eigenvalue weighted by Gasteiger charge is 2.09. The molecule has 0 aromatic carbocycles. The van der Waals surface area contributed by atoms with Gasteiger partial charge in [-0.05, 0) is 18.7 Å². The Morgan fingerprint density at radius 1 is 1.28 bits per heavy atom. The van der Waals surface area contributed by atoms with Crippen LogP contribution in [0.4, 0.5) is 0 Å². The van der Waals surface area contributed by atoms with Crippen LogP contribution in [0.3, 0.4) is 0 Å². The number of nitrogens with two attached hydrogens (primary N) is 1. The van der Waals surface area contributed by atoms with Gasteiger partial charge < -0.3 is 10.6 Å². The summed E-state index contributed by atoms with van der Waals surface area (Å²) in [5, 5.41) is 0. The molecule has 0 bridgehead atoms. The molecular formula is C12H18N4O2. The summed E-state index contributed by atoms with van der Waals surface area (Å²) in [6, 6.07) is 3.36. The lowest BCUT2D eigenvalue weighted by molar-refractivity contribution is -0.129. The van der Waals surface area contributed by atoms with E-state index in [1.54, 1.807) is 37.3 Å². The molecule has 0 unspecified atom stereocenters. The number of hydrogen-bond donors (Lipinski definition) is 1. The molecule has 0 saturated carbocycles. The summed E-state index contributed by atoms with van der Waals surface area (Å²) in [4.78, 5) is 29.7. The molecule has 1 heterocycles. The number of nitrogens with zero attached hydrogens (tertiary/aromatic N) is 3. The lowest BCUT2D eigenvalue weighted by atomic mass is 10.2. The van der Waals surface area contributed by atoms with Gasteiger partial charge in [-0.2, -0.15) is 0 Å². The van der Waals surface area contributed by atoms with Crippen molar-refractivity contribution in [1.29, 1.82) is 0 Å². The third kappa shape index (κ3) is 4.14. The minimum atomic E-state index is -0.544. The van der Waals surface area contributed by atoms with Gasteiger partial charge in [-0.15, -0.1) is 0 Å². The number of primary amides is 1. The van der Waals surface area contributed by atoms with Crippen molar-refractivity contribution in [3.63, 3.8) is 0 Å². The molecule has 0 aliphatic rings. The molecule has 0 atom stereocenters. The van der Waals surface area contributed by atoms with Crippen molar-refractivity contribution >= 4 is 11.8 Å². The molecule has 1 aromatic rings. The number of likely N-dealkylation sites (N-methyl/N-ethyl adjacent to an activating group) is 2. The number of amides is 2. The Bertz CT molecular complexity index is 428. The minimum Gasteiger partial charge on any atom is -0.364 e. The van der Waals surface area contributed by atoms with Gasteiger partial charge in [0.1, 0.15) is 5.69 Å². The number of rotatable bonds is 5. The van der Waals surface area contributed by atoms with E-state index in [2.05, 4.69) is 4.98 Å². The van der Waals surface area contributed by atoms with E-state index in [0.29, 0.717) is 13.1 Å². The number of carbonyl (C=O) groups is 2. The fourth-order valence-electron chi connectivity index (χ4n) is 1.40. The van der Waals surface area contributed by atoms with Gasteiger partial charge in [0.25, 0.3) is 5.91 Å². The van der Waals surface area contributed by atoms with Crippen LogP contribution in [0.1, 0.15) is 16.1 Å². The Labute approximate surface area is 106 Å². The molecule has 0 fully saturated rings. The SMILES string of the molecule is CN(CC(=O)N(C)C)Cc1ccc(C(N)=O)nc1. The molecule has 2 N–H and O–H groups in total. The predicted octanol–water partition coefficient (Wildman–Crippen LogP) is -0.299. The molecule has 0 aliphatic carbocycles. The van der Waals surface area contributed by atoms with Gasteiger partial charge in [0.15, 0.2) is 0 Å². The maximum absolute atomic E-state index is 11.5. The highest BCUT2D eigenvalue weighted by atomic mass is 16.2. The molecule has 0 aliphatic heterocycles. The van der Waals surface area contributed by atoms with Gasteiger partial charge in [0.05, 0.1) is 6.54 Å². The third-order valence-electron chi connectivity index (χ3n) is 2.43. The van der Waals surface area contributed by atoms with Crippen molar-refractivity contribution in [3.8, 4) is 0 Å². The maximum Gasteiger partial charge on any atom is 0.267 e. The van der Waals surface area contributed by atoms with Crippen LogP contribution in [-0.2, 0) is 11.3 Å². The Morgan fingerprint density at radius 2 is 1.94 bits per heavy atom. The molecule has 6 heteroatoms. The average molecular weight is 250 g/mol. The number of pyridine rings is 1. The largest absolute Gasteiger partial charge is 0.364 e. The summed E-state index contributed by atoms with van der Waals surface area (Å²) in [5.74, 6) is -0.503. The zero-order chi connectivity index (χ0) is 13.7. The molecule has 98 valence electrons. The number of aromatic nitrogens is 1. The first-order valence-corrected chi connectivity index (χ1v) is 5.53. The Morgan fingerprint density at radius 3 is 2.39 bits per heavy atom. The molecular weight excluding hydrogens is 232 g/mol. The van der Waals surface area contributed by atoms with Crippen molar-refractivity contribution in [2.75, 3.05) is 27.7 Å². The zero-order valence-electron chi connectivity index (χ0n) is 10.9. The summed E-state index contributed by atoms with van der Waals surface area (Å²) < 4.78 is 0. The van der Waals surface area contributed by atoms with Crippen LogP contribution < -0.4 is 5.73 Å². The van der Waals surface area contributed by atoms with E-state index in [0.717, 1.165) is 5.56 Å². The summed E-state index contributed by atoms with van der Waals surface area (Å²) in [5.41, 5.74) is 6.27. The maximum atomic E-state index is 11.5. The summed E-state index contributed by atoms with van der Waals surface area (Å²) in [7, 11) is 5.29. The lowest BCUT2D eigenvalue weighted by Crippen LogP contribution is -2.34. The fourth-order valence-corrected chi connectivity index (χ4v) is 1.40.